The van der Waals surface area contributed by atoms with E-state index in [0.717, 1.165) is 31.5 Å². The molecule has 3 aromatic carbocycles. The van der Waals surface area contributed by atoms with Crippen molar-refractivity contribution in [2.24, 2.45) is 0 Å². The van der Waals surface area contributed by atoms with E-state index in [-0.39, 0.29) is 11.7 Å². The van der Waals surface area contributed by atoms with Crippen LogP contribution in [0, 0.1) is 12.7 Å². The zero-order valence-corrected chi connectivity index (χ0v) is 17.4. The number of rotatable bonds is 4. The second-order valence-electron chi connectivity index (χ2n) is 7.31. The lowest BCUT2D eigenvalue weighted by atomic mass is 9.89. The lowest BCUT2D eigenvalue weighted by molar-refractivity contribution is 0.481. The maximum absolute atomic E-state index is 14.3. The van der Waals surface area contributed by atoms with Crippen molar-refractivity contribution < 1.29 is 4.39 Å². The number of hydrogen-bond donors (Lipinski definition) is 0. The molecule has 4 rings (SSSR count). The van der Waals surface area contributed by atoms with Gasteiger partial charge in [-0.15, -0.1) is 0 Å². The Hall–Kier alpha value is -1.97. The summed E-state index contributed by atoms with van der Waals surface area (Å²) in [6.45, 7) is 3.96. The molecule has 1 fully saturated rings. The summed E-state index contributed by atoms with van der Waals surface area (Å²) in [6, 6.07) is 22.3. The molecule has 0 spiro atoms. The molecular weight excluding hydrogens is 389 g/mol. The molecule has 4 heteroatoms. The summed E-state index contributed by atoms with van der Waals surface area (Å²) in [7, 11) is 0. The Morgan fingerprint density at radius 1 is 0.964 bits per heavy atom. The van der Waals surface area contributed by atoms with Crippen LogP contribution in [0.3, 0.4) is 0 Å². The number of aryl methyl sites for hydroxylation is 1. The van der Waals surface area contributed by atoms with Crippen molar-refractivity contribution >= 4 is 29.1 Å². The fourth-order valence-electron chi connectivity index (χ4n) is 3.80. The summed E-state index contributed by atoms with van der Waals surface area (Å²) in [5.41, 5.74) is 3.34. The van der Waals surface area contributed by atoms with Crippen LogP contribution in [-0.2, 0) is 0 Å². The highest BCUT2D eigenvalue weighted by Gasteiger charge is 2.24. The first kappa shape index (κ1) is 19.4. The summed E-state index contributed by atoms with van der Waals surface area (Å²) >= 11 is 7.70. The molecule has 0 radical (unpaired) electrons. The quantitative estimate of drug-likeness (QED) is 0.442. The number of hydrogen-bond acceptors (Lipinski definition) is 2. The van der Waals surface area contributed by atoms with Crippen molar-refractivity contribution in [3.63, 3.8) is 0 Å². The molecule has 3 aromatic rings. The number of nitrogens with zero attached hydrogens (tertiary/aromatic N) is 1. The van der Waals surface area contributed by atoms with Crippen LogP contribution >= 0.6 is 23.4 Å². The predicted molar refractivity (Wildman–Crippen MR) is 117 cm³/mol. The minimum absolute atomic E-state index is 0.179. The van der Waals surface area contributed by atoms with Gasteiger partial charge in [-0.3, -0.25) is 0 Å². The van der Waals surface area contributed by atoms with E-state index in [1.807, 2.05) is 6.07 Å². The Morgan fingerprint density at radius 2 is 1.68 bits per heavy atom. The van der Waals surface area contributed by atoms with Crippen LogP contribution in [0.1, 0.15) is 29.9 Å². The van der Waals surface area contributed by atoms with Gasteiger partial charge in [0.1, 0.15) is 5.82 Å². The molecule has 0 N–H and O–H groups in total. The highest BCUT2D eigenvalue weighted by Crippen LogP contribution is 2.38. The second kappa shape index (κ2) is 8.59. The Labute approximate surface area is 175 Å². The third-order valence-electron chi connectivity index (χ3n) is 5.35. The maximum Gasteiger partial charge on any atom is 0.128 e. The van der Waals surface area contributed by atoms with Crippen LogP contribution in [0.5, 0.6) is 0 Å². The van der Waals surface area contributed by atoms with Crippen LogP contribution in [0.15, 0.2) is 76.5 Å². The third-order valence-corrected chi connectivity index (χ3v) is 6.66. The summed E-state index contributed by atoms with van der Waals surface area (Å²) in [6.07, 6.45) is 1.89. The van der Waals surface area contributed by atoms with Crippen molar-refractivity contribution in [3.05, 3.63) is 88.7 Å². The van der Waals surface area contributed by atoms with Gasteiger partial charge in [0.05, 0.1) is 5.69 Å². The fourth-order valence-corrected chi connectivity index (χ4v) is 4.94. The molecule has 144 valence electrons. The molecule has 1 aliphatic heterocycles. The van der Waals surface area contributed by atoms with E-state index in [0.29, 0.717) is 5.02 Å². The zero-order chi connectivity index (χ0) is 19.5. The molecule has 0 bridgehead atoms. The first-order valence-electron chi connectivity index (χ1n) is 9.63. The van der Waals surface area contributed by atoms with E-state index < -0.39 is 0 Å². The lowest BCUT2D eigenvalue weighted by Crippen LogP contribution is -2.33. The standard InChI is InChI=1S/C24H23ClFNS/c1-17-6-9-20(10-7-17)28-24-5-3-2-4-23(24)27-14-12-18(13-15-27)21-11-8-19(25)16-22(21)26/h2-11,16,18H,12-15H2,1H3. The number of benzene rings is 3. The summed E-state index contributed by atoms with van der Waals surface area (Å²) < 4.78 is 14.3. The molecule has 1 nitrogen and oxygen atoms in total. The van der Waals surface area contributed by atoms with Crippen molar-refractivity contribution in [1.29, 1.82) is 0 Å². The van der Waals surface area contributed by atoms with Crippen molar-refractivity contribution in [3.8, 4) is 0 Å². The van der Waals surface area contributed by atoms with Gasteiger partial charge in [-0.05, 0) is 67.6 Å². The third kappa shape index (κ3) is 4.37. The van der Waals surface area contributed by atoms with Crippen LogP contribution in [0.25, 0.3) is 0 Å². The van der Waals surface area contributed by atoms with Crippen molar-refractivity contribution in [1.82, 2.24) is 0 Å². The van der Waals surface area contributed by atoms with Gasteiger partial charge in [0.2, 0.25) is 0 Å². The highest BCUT2D eigenvalue weighted by atomic mass is 35.5. The summed E-state index contributed by atoms with van der Waals surface area (Å²) in [4.78, 5) is 4.94. The minimum Gasteiger partial charge on any atom is -0.371 e. The number of anilines is 1. The van der Waals surface area contributed by atoms with Crippen LogP contribution in [0.2, 0.25) is 5.02 Å². The summed E-state index contributed by atoms with van der Waals surface area (Å²) in [5, 5.41) is 0.459. The van der Waals surface area contributed by atoms with E-state index in [1.54, 1.807) is 17.8 Å². The van der Waals surface area contributed by atoms with Gasteiger partial charge in [0.15, 0.2) is 0 Å². The van der Waals surface area contributed by atoms with Crippen LogP contribution < -0.4 is 4.90 Å². The Kier molecular flexibility index (Phi) is 5.93. The van der Waals surface area contributed by atoms with Gasteiger partial charge < -0.3 is 4.90 Å². The maximum atomic E-state index is 14.3. The molecular formula is C24H23ClFNS. The van der Waals surface area contributed by atoms with Crippen LogP contribution in [0.4, 0.5) is 10.1 Å². The van der Waals surface area contributed by atoms with Crippen molar-refractivity contribution in [2.75, 3.05) is 18.0 Å². The van der Waals surface area contributed by atoms with E-state index >= 15 is 0 Å². The molecule has 0 unspecified atom stereocenters. The van der Waals surface area contributed by atoms with E-state index in [1.165, 1.54) is 27.1 Å². The summed E-state index contributed by atoms with van der Waals surface area (Å²) in [5.74, 6) is 0.0757. The first-order chi connectivity index (χ1) is 13.6. The first-order valence-corrected chi connectivity index (χ1v) is 10.8. The fraction of sp³-hybridized carbons (Fsp3) is 0.250. The monoisotopic (exact) mass is 411 g/mol. The smallest absolute Gasteiger partial charge is 0.128 e. The number of para-hydroxylation sites is 1. The average Bonchev–Trinajstić information content (AvgIpc) is 2.70. The molecule has 0 amide bonds. The molecule has 0 atom stereocenters. The molecule has 28 heavy (non-hydrogen) atoms. The predicted octanol–water partition coefficient (Wildman–Crippen LogP) is 7.32. The molecule has 1 saturated heterocycles. The number of piperidine rings is 1. The topological polar surface area (TPSA) is 3.24 Å². The normalized spacial score (nSPS) is 15.0. The largest absolute Gasteiger partial charge is 0.371 e. The highest BCUT2D eigenvalue weighted by molar-refractivity contribution is 7.99. The Balaban J connectivity index is 1.48. The Bertz CT molecular complexity index is 949. The average molecular weight is 412 g/mol. The van der Waals surface area contributed by atoms with Crippen molar-refractivity contribution in [2.45, 2.75) is 35.5 Å². The second-order valence-corrected chi connectivity index (χ2v) is 8.86. The van der Waals surface area contributed by atoms with Gasteiger partial charge in [-0.25, -0.2) is 4.39 Å². The SMILES string of the molecule is Cc1ccc(Sc2ccccc2N2CCC(c3ccc(Cl)cc3F)CC2)cc1. The van der Waals surface area contributed by atoms with E-state index in [4.69, 9.17) is 11.6 Å². The molecule has 1 aliphatic rings. The molecule has 0 aliphatic carbocycles. The van der Waals surface area contributed by atoms with Gasteiger partial charge in [-0.1, -0.05) is 59.3 Å². The zero-order valence-electron chi connectivity index (χ0n) is 15.9. The molecule has 0 saturated carbocycles. The van der Waals surface area contributed by atoms with E-state index in [2.05, 4.69) is 60.4 Å². The molecule has 0 aromatic heterocycles. The Morgan fingerprint density at radius 3 is 2.39 bits per heavy atom. The van der Waals surface area contributed by atoms with Gasteiger partial charge in [0, 0.05) is 27.9 Å². The lowest BCUT2D eigenvalue weighted by Gasteiger charge is -2.35. The van der Waals surface area contributed by atoms with Crippen LogP contribution in [-0.4, -0.2) is 13.1 Å². The number of halogens is 2. The van der Waals surface area contributed by atoms with E-state index in [9.17, 15) is 4.39 Å². The van der Waals surface area contributed by atoms with Gasteiger partial charge in [-0.2, -0.15) is 0 Å². The van der Waals surface area contributed by atoms with Gasteiger partial charge in [0.25, 0.3) is 0 Å². The van der Waals surface area contributed by atoms with Gasteiger partial charge >= 0.3 is 0 Å². The minimum atomic E-state index is -0.179. The molecule has 1 heterocycles.